The van der Waals surface area contributed by atoms with Gasteiger partial charge in [0.15, 0.2) is 5.78 Å². The number of Topliss-reactive ketones (excluding diaryl/α,β-unsaturated/α-hetero) is 1. The zero-order valence-electron chi connectivity index (χ0n) is 17.0. The van der Waals surface area contributed by atoms with Crippen molar-refractivity contribution in [3.05, 3.63) is 58.2 Å². The number of esters is 1. The Morgan fingerprint density at radius 3 is 2.38 bits per heavy atom. The minimum atomic E-state index is -0.719. The predicted molar refractivity (Wildman–Crippen MR) is 106 cm³/mol. The molecule has 1 atom stereocenters. The largest absolute Gasteiger partial charge is 0.461 e. The first-order valence-corrected chi connectivity index (χ1v) is 9.75. The summed E-state index contributed by atoms with van der Waals surface area (Å²) >= 11 is 0. The van der Waals surface area contributed by atoms with Crippen LogP contribution in [0.1, 0.15) is 69.2 Å². The zero-order chi connectivity index (χ0) is 21.3. The number of carbonyl (C=O) groups is 3. The van der Waals surface area contributed by atoms with Crippen molar-refractivity contribution in [3.63, 3.8) is 0 Å². The first-order chi connectivity index (χ1) is 13.8. The van der Waals surface area contributed by atoms with Gasteiger partial charge in [0.25, 0.3) is 5.91 Å². The Labute approximate surface area is 169 Å². The second kappa shape index (κ2) is 8.19. The maximum Gasteiger partial charge on any atom is 0.355 e. The summed E-state index contributed by atoms with van der Waals surface area (Å²) in [6, 6.07) is 4.58. The first kappa shape index (κ1) is 20.8. The maximum absolute atomic E-state index is 13.3. The van der Waals surface area contributed by atoms with Crippen molar-refractivity contribution < 1.29 is 23.5 Å². The van der Waals surface area contributed by atoms with Crippen LogP contribution >= 0.6 is 0 Å². The SMILES string of the molecule is CCOC(=O)c1[nH]c(C)c(C(=O)[C@@H](C)N(C(=O)c2ccc(F)cc2)C2CC2)c1C. The van der Waals surface area contributed by atoms with Crippen molar-refractivity contribution in [1.29, 1.82) is 0 Å². The highest BCUT2D eigenvalue weighted by molar-refractivity contribution is 6.07. The van der Waals surface area contributed by atoms with Gasteiger partial charge in [-0.1, -0.05) is 0 Å². The first-order valence-electron chi connectivity index (χ1n) is 9.75. The van der Waals surface area contributed by atoms with Gasteiger partial charge in [0.1, 0.15) is 11.5 Å². The molecular weight excluding hydrogens is 375 g/mol. The molecule has 0 radical (unpaired) electrons. The van der Waals surface area contributed by atoms with Crippen LogP contribution < -0.4 is 0 Å². The van der Waals surface area contributed by atoms with E-state index in [4.69, 9.17) is 4.74 Å². The lowest BCUT2D eigenvalue weighted by Crippen LogP contribution is -2.45. The lowest BCUT2D eigenvalue weighted by atomic mass is 9.99. The number of amides is 1. The van der Waals surface area contributed by atoms with E-state index in [9.17, 15) is 18.8 Å². The molecule has 0 unspecified atom stereocenters. The second-order valence-electron chi connectivity index (χ2n) is 7.34. The summed E-state index contributed by atoms with van der Waals surface area (Å²) in [5.74, 6) is -1.48. The number of aryl methyl sites for hydroxylation is 1. The van der Waals surface area contributed by atoms with Gasteiger partial charge in [0.05, 0.1) is 12.6 Å². The molecule has 2 aromatic rings. The summed E-state index contributed by atoms with van der Waals surface area (Å²) in [6.07, 6.45) is 1.65. The van der Waals surface area contributed by atoms with Crippen LogP contribution in [-0.4, -0.2) is 46.2 Å². The fourth-order valence-electron chi connectivity index (χ4n) is 3.61. The van der Waals surface area contributed by atoms with Gasteiger partial charge in [-0.25, -0.2) is 9.18 Å². The number of rotatable bonds is 7. The zero-order valence-corrected chi connectivity index (χ0v) is 17.0. The van der Waals surface area contributed by atoms with Crippen molar-refractivity contribution >= 4 is 17.7 Å². The van der Waals surface area contributed by atoms with Crippen LogP contribution in [0.2, 0.25) is 0 Å². The summed E-state index contributed by atoms with van der Waals surface area (Å²) in [7, 11) is 0. The molecule has 1 N–H and O–H groups in total. The number of ether oxygens (including phenoxy) is 1. The molecule has 1 aliphatic carbocycles. The number of nitrogens with zero attached hydrogens (tertiary/aromatic N) is 1. The van der Waals surface area contributed by atoms with Crippen molar-refractivity contribution in [1.82, 2.24) is 9.88 Å². The van der Waals surface area contributed by atoms with Crippen LogP contribution in [0.25, 0.3) is 0 Å². The van der Waals surface area contributed by atoms with Crippen LogP contribution in [0, 0.1) is 19.7 Å². The Balaban J connectivity index is 1.90. The third kappa shape index (κ3) is 4.09. The molecule has 0 bridgehead atoms. The number of nitrogens with one attached hydrogen (secondary N) is 1. The molecule has 1 heterocycles. The Kier molecular flexibility index (Phi) is 5.86. The highest BCUT2D eigenvalue weighted by atomic mass is 19.1. The molecule has 0 spiro atoms. The lowest BCUT2D eigenvalue weighted by Gasteiger charge is -2.29. The summed E-state index contributed by atoms with van der Waals surface area (Å²) in [4.78, 5) is 43.0. The fourth-order valence-corrected chi connectivity index (χ4v) is 3.61. The highest BCUT2D eigenvalue weighted by Crippen LogP contribution is 2.32. The van der Waals surface area contributed by atoms with Gasteiger partial charge in [-0.3, -0.25) is 9.59 Å². The summed E-state index contributed by atoms with van der Waals surface area (Å²) in [5, 5.41) is 0. The van der Waals surface area contributed by atoms with E-state index in [-0.39, 0.29) is 30.0 Å². The third-order valence-electron chi connectivity index (χ3n) is 5.23. The molecular formula is C22H25FN2O4. The number of ketones is 1. The molecule has 29 heavy (non-hydrogen) atoms. The molecule has 1 aromatic heterocycles. The average Bonchev–Trinajstić information content (AvgIpc) is 3.46. The van der Waals surface area contributed by atoms with Gasteiger partial charge in [0, 0.05) is 22.9 Å². The Morgan fingerprint density at radius 2 is 1.83 bits per heavy atom. The lowest BCUT2D eigenvalue weighted by molar-refractivity contribution is 0.0518. The van der Waals surface area contributed by atoms with Crippen molar-refractivity contribution in [2.75, 3.05) is 6.61 Å². The quantitative estimate of drug-likeness (QED) is 0.566. The van der Waals surface area contributed by atoms with E-state index >= 15 is 0 Å². The van der Waals surface area contributed by atoms with E-state index < -0.39 is 17.8 Å². The number of hydrogen-bond acceptors (Lipinski definition) is 4. The number of aromatic nitrogens is 1. The number of benzene rings is 1. The van der Waals surface area contributed by atoms with Gasteiger partial charge in [0.2, 0.25) is 0 Å². The van der Waals surface area contributed by atoms with E-state index in [1.165, 1.54) is 24.3 Å². The molecule has 0 saturated heterocycles. The minimum Gasteiger partial charge on any atom is -0.461 e. The molecule has 7 heteroatoms. The van der Waals surface area contributed by atoms with E-state index in [0.29, 0.717) is 22.4 Å². The van der Waals surface area contributed by atoms with Crippen LogP contribution in [0.4, 0.5) is 4.39 Å². The standard InChI is InChI=1S/C22H25FN2O4/c1-5-29-22(28)19-12(2)18(13(3)24-19)20(26)14(4)25(17-10-11-17)21(27)15-6-8-16(23)9-7-15/h6-9,14,17,24H,5,10-11H2,1-4H3/t14-/m1/s1. The summed E-state index contributed by atoms with van der Waals surface area (Å²) < 4.78 is 18.3. The van der Waals surface area contributed by atoms with Crippen LogP contribution in [0.5, 0.6) is 0 Å². The smallest absolute Gasteiger partial charge is 0.355 e. The Hall–Kier alpha value is -2.96. The van der Waals surface area contributed by atoms with Gasteiger partial charge < -0.3 is 14.6 Å². The number of carbonyl (C=O) groups excluding carboxylic acids is 3. The normalized spacial score (nSPS) is 14.4. The van der Waals surface area contributed by atoms with Crippen LogP contribution in [-0.2, 0) is 4.74 Å². The van der Waals surface area contributed by atoms with Gasteiger partial charge >= 0.3 is 5.97 Å². The molecule has 3 rings (SSSR count). The maximum atomic E-state index is 13.3. The number of halogens is 1. The molecule has 1 aliphatic rings. The molecule has 1 amide bonds. The van der Waals surface area contributed by atoms with E-state index in [0.717, 1.165) is 12.8 Å². The fraction of sp³-hybridized carbons (Fsp3) is 0.409. The van der Waals surface area contributed by atoms with E-state index in [2.05, 4.69) is 4.98 Å². The molecule has 0 aliphatic heterocycles. The van der Waals surface area contributed by atoms with Gasteiger partial charge in [-0.15, -0.1) is 0 Å². The van der Waals surface area contributed by atoms with E-state index in [1.807, 2.05) is 0 Å². The van der Waals surface area contributed by atoms with Crippen molar-refractivity contribution in [3.8, 4) is 0 Å². The average molecular weight is 400 g/mol. The van der Waals surface area contributed by atoms with Crippen molar-refractivity contribution in [2.45, 2.75) is 52.6 Å². The van der Waals surface area contributed by atoms with Crippen LogP contribution in [0.15, 0.2) is 24.3 Å². The highest BCUT2D eigenvalue weighted by Gasteiger charge is 2.40. The predicted octanol–water partition coefficient (Wildman–Crippen LogP) is 3.82. The third-order valence-corrected chi connectivity index (χ3v) is 5.23. The summed E-state index contributed by atoms with van der Waals surface area (Å²) in [5.41, 5.74) is 2.07. The van der Waals surface area contributed by atoms with E-state index in [1.54, 1.807) is 32.6 Å². The Morgan fingerprint density at radius 1 is 1.21 bits per heavy atom. The molecule has 1 aromatic carbocycles. The second-order valence-corrected chi connectivity index (χ2v) is 7.34. The number of aromatic amines is 1. The molecule has 6 nitrogen and oxygen atoms in total. The number of hydrogen-bond donors (Lipinski definition) is 1. The van der Waals surface area contributed by atoms with Crippen LogP contribution in [0.3, 0.4) is 0 Å². The summed E-state index contributed by atoms with van der Waals surface area (Å²) in [6.45, 7) is 7.05. The van der Waals surface area contributed by atoms with Gasteiger partial charge in [-0.2, -0.15) is 0 Å². The Bertz CT molecular complexity index is 944. The minimum absolute atomic E-state index is 0.0180. The van der Waals surface area contributed by atoms with Crippen molar-refractivity contribution in [2.24, 2.45) is 0 Å². The van der Waals surface area contributed by atoms with Gasteiger partial charge in [-0.05, 0) is 70.4 Å². The monoisotopic (exact) mass is 400 g/mol. The number of H-pyrrole nitrogens is 1. The molecule has 1 fully saturated rings. The molecule has 1 saturated carbocycles. The topological polar surface area (TPSA) is 79.5 Å². The molecule has 154 valence electrons.